The summed E-state index contributed by atoms with van der Waals surface area (Å²) in [5, 5.41) is 0. The van der Waals surface area contributed by atoms with Crippen LogP contribution in [0.2, 0.25) is 0 Å². The Hall–Kier alpha value is -1.59. The van der Waals surface area contributed by atoms with Gasteiger partial charge in [-0.2, -0.15) is 0 Å². The van der Waals surface area contributed by atoms with E-state index >= 15 is 0 Å². The van der Waals surface area contributed by atoms with E-state index in [9.17, 15) is 14.4 Å². The fraction of sp³-hybridized carbons (Fsp3) is 0.936. The lowest BCUT2D eigenvalue weighted by Crippen LogP contribution is -2.30. The van der Waals surface area contributed by atoms with Crippen LogP contribution in [0.25, 0.3) is 0 Å². The molecule has 2 unspecified atom stereocenters. The number of rotatable bonds is 41. The number of ether oxygens (including phenoxy) is 3. The van der Waals surface area contributed by atoms with Crippen molar-refractivity contribution in [2.75, 3.05) is 13.2 Å². The first-order chi connectivity index (χ1) is 25.8. The predicted molar refractivity (Wildman–Crippen MR) is 224 cm³/mol. The summed E-state index contributed by atoms with van der Waals surface area (Å²) >= 11 is 0. The van der Waals surface area contributed by atoms with Crippen LogP contribution in [0.5, 0.6) is 0 Å². The number of carbonyl (C=O) groups excluding carboxylic acids is 3. The highest BCUT2D eigenvalue weighted by atomic mass is 16.6. The molecule has 0 radical (unpaired) electrons. The molecule has 0 amide bonds. The second kappa shape index (κ2) is 40.1. The lowest BCUT2D eigenvalue weighted by atomic mass is 10.00. The molecule has 53 heavy (non-hydrogen) atoms. The molecular weight excluding hydrogens is 661 g/mol. The van der Waals surface area contributed by atoms with Crippen molar-refractivity contribution < 1.29 is 28.6 Å². The zero-order chi connectivity index (χ0) is 39.0. The Balaban J connectivity index is 4.31. The van der Waals surface area contributed by atoms with Gasteiger partial charge in [0.2, 0.25) is 0 Å². The van der Waals surface area contributed by atoms with Crippen LogP contribution in [-0.4, -0.2) is 37.2 Å². The molecule has 0 aliphatic heterocycles. The number of unbranched alkanes of at least 4 members (excludes halogenated alkanes) is 24. The minimum absolute atomic E-state index is 0.0660. The average molecular weight is 751 g/mol. The van der Waals surface area contributed by atoms with E-state index in [1.807, 2.05) is 0 Å². The molecule has 6 heteroatoms. The van der Waals surface area contributed by atoms with Gasteiger partial charge in [0, 0.05) is 19.3 Å². The second-order valence-electron chi connectivity index (χ2n) is 16.5. The van der Waals surface area contributed by atoms with Gasteiger partial charge < -0.3 is 14.2 Å². The van der Waals surface area contributed by atoms with Gasteiger partial charge in [-0.3, -0.25) is 14.4 Å². The first-order valence-electron chi connectivity index (χ1n) is 23.3. The highest BCUT2D eigenvalue weighted by molar-refractivity contribution is 5.71. The maximum atomic E-state index is 12.7. The van der Waals surface area contributed by atoms with Crippen molar-refractivity contribution in [3.05, 3.63) is 0 Å². The van der Waals surface area contributed by atoms with Crippen LogP contribution in [-0.2, 0) is 28.6 Å². The van der Waals surface area contributed by atoms with Crippen molar-refractivity contribution in [2.24, 2.45) is 11.8 Å². The van der Waals surface area contributed by atoms with Crippen molar-refractivity contribution >= 4 is 17.9 Å². The molecule has 0 bridgehead atoms. The minimum Gasteiger partial charge on any atom is -0.462 e. The Morgan fingerprint density at radius 2 is 0.660 bits per heavy atom. The number of carbonyl (C=O) groups is 3. The molecule has 0 aromatic carbocycles. The minimum atomic E-state index is -0.762. The van der Waals surface area contributed by atoms with Crippen molar-refractivity contribution in [1.29, 1.82) is 0 Å². The molecule has 0 fully saturated rings. The second-order valence-corrected chi connectivity index (χ2v) is 16.5. The van der Waals surface area contributed by atoms with Gasteiger partial charge in [0.15, 0.2) is 6.10 Å². The van der Waals surface area contributed by atoms with E-state index in [-0.39, 0.29) is 31.1 Å². The van der Waals surface area contributed by atoms with Crippen LogP contribution in [0.1, 0.15) is 253 Å². The van der Waals surface area contributed by atoms with E-state index in [1.54, 1.807) is 0 Å². The molecule has 314 valence electrons. The van der Waals surface area contributed by atoms with E-state index in [0.29, 0.717) is 19.3 Å². The molecule has 0 saturated heterocycles. The first-order valence-corrected chi connectivity index (χ1v) is 23.3. The van der Waals surface area contributed by atoms with Crippen molar-refractivity contribution in [3.8, 4) is 0 Å². The van der Waals surface area contributed by atoms with Crippen molar-refractivity contribution in [2.45, 2.75) is 259 Å². The molecule has 0 spiro atoms. The predicted octanol–water partition coefficient (Wildman–Crippen LogP) is 14.6. The van der Waals surface area contributed by atoms with Gasteiger partial charge in [-0.25, -0.2) is 0 Å². The van der Waals surface area contributed by atoms with Gasteiger partial charge in [-0.1, -0.05) is 214 Å². The van der Waals surface area contributed by atoms with Gasteiger partial charge in [-0.15, -0.1) is 0 Å². The summed E-state index contributed by atoms with van der Waals surface area (Å²) in [6.07, 6.45) is 38.0. The average Bonchev–Trinajstić information content (AvgIpc) is 3.15. The van der Waals surface area contributed by atoms with Crippen LogP contribution >= 0.6 is 0 Å². The van der Waals surface area contributed by atoms with E-state index in [0.717, 1.165) is 69.6 Å². The summed E-state index contributed by atoms with van der Waals surface area (Å²) in [4.78, 5) is 37.7. The van der Waals surface area contributed by atoms with Gasteiger partial charge in [0.1, 0.15) is 13.2 Å². The Morgan fingerprint density at radius 1 is 0.377 bits per heavy atom. The summed E-state index contributed by atoms with van der Waals surface area (Å²) in [5.41, 5.74) is 0. The summed E-state index contributed by atoms with van der Waals surface area (Å²) in [7, 11) is 0. The van der Waals surface area contributed by atoms with Crippen LogP contribution in [0.4, 0.5) is 0 Å². The molecule has 0 aromatic rings. The topological polar surface area (TPSA) is 78.9 Å². The van der Waals surface area contributed by atoms with Gasteiger partial charge in [0.05, 0.1) is 0 Å². The molecule has 0 aliphatic rings. The molecule has 0 heterocycles. The van der Waals surface area contributed by atoms with Crippen molar-refractivity contribution in [3.63, 3.8) is 0 Å². The molecule has 6 nitrogen and oxygen atoms in total. The molecular formula is C47H90O6. The lowest BCUT2D eigenvalue weighted by Gasteiger charge is -2.18. The van der Waals surface area contributed by atoms with Crippen LogP contribution in [0, 0.1) is 11.8 Å². The molecule has 0 N–H and O–H groups in total. The zero-order valence-electron chi connectivity index (χ0n) is 36.1. The van der Waals surface area contributed by atoms with E-state index in [2.05, 4.69) is 34.6 Å². The molecule has 0 rings (SSSR count). The lowest BCUT2D eigenvalue weighted by molar-refractivity contribution is -0.167. The first kappa shape index (κ1) is 51.4. The van der Waals surface area contributed by atoms with Crippen LogP contribution in [0.15, 0.2) is 0 Å². The Bertz CT molecular complexity index is 813. The normalized spacial score (nSPS) is 13.1. The third-order valence-corrected chi connectivity index (χ3v) is 11.2. The summed E-state index contributed by atoms with van der Waals surface area (Å²) in [5.74, 6) is 0.762. The van der Waals surface area contributed by atoms with E-state index in [1.165, 1.54) is 141 Å². The third kappa shape index (κ3) is 38.5. The van der Waals surface area contributed by atoms with Crippen LogP contribution < -0.4 is 0 Å². The molecule has 3 atom stereocenters. The monoisotopic (exact) mass is 751 g/mol. The summed E-state index contributed by atoms with van der Waals surface area (Å²) in [6, 6.07) is 0. The standard InChI is InChI=1S/C47H90O6/c1-6-9-10-11-12-13-14-15-16-17-18-19-20-27-32-37-45(48)51-40-44(53-47(50)39-34-29-24-22-26-31-36-43(5)8-3)41-52-46(49)38-33-28-23-21-25-30-35-42(4)7-2/h42-44H,6-41H2,1-5H3/t42?,43?,44-/m0/s1. The van der Waals surface area contributed by atoms with Gasteiger partial charge in [-0.05, 0) is 31.1 Å². The number of esters is 3. The third-order valence-electron chi connectivity index (χ3n) is 11.2. The maximum Gasteiger partial charge on any atom is 0.306 e. The SMILES string of the molecule is CCCCCCCCCCCCCCCCCC(=O)OC[C@@H](COC(=O)CCCCCCCCC(C)CC)OC(=O)CCCCCCCCC(C)CC. The van der Waals surface area contributed by atoms with Gasteiger partial charge >= 0.3 is 17.9 Å². The molecule has 0 saturated carbocycles. The Morgan fingerprint density at radius 3 is 0.981 bits per heavy atom. The van der Waals surface area contributed by atoms with E-state index in [4.69, 9.17) is 14.2 Å². The maximum absolute atomic E-state index is 12.7. The summed E-state index contributed by atoms with van der Waals surface area (Å²) in [6.45, 7) is 11.3. The fourth-order valence-corrected chi connectivity index (χ4v) is 6.86. The highest BCUT2D eigenvalue weighted by Gasteiger charge is 2.19. The van der Waals surface area contributed by atoms with E-state index < -0.39 is 6.10 Å². The Kier molecular flexibility index (Phi) is 38.9. The number of hydrogen-bond donors (Lipinski definition) is 0. The van der Waals surface area contributed by atoms with Gasteiger partial charge in [0.25, 0.3) is 0 Å². The number of hydrogen-bond acceptors (Lipinski definition) is 6. The molecule has 0 aromatic heterocycles. The fourth-order valence-electron chi connectivity index (χ4n) is 6.86. The Labute approximate surface area is 329 Å². The molecule has 0 aliphatic carbocycles. The summed E-state index contributed by atoms with van der Waals surface area (Å²) < 4.78 is 16.7. The quantitative estimate of drug-likeness (QED) is 0.0352. The highest BCUT2D eigenvalue weighted by Crippen LogP contribution is 2.17. The van der Waals surface area contributed by atoms with Crippen molar-refractivity contribution in [1.82, 2.24) is 0 Å². The zero-order valence-corrected chi connectivity index (χ0v) is 36.1. The largest absolute Gasteiger partial charge is 0.462 e. The van der Waals surface area contributed by atoms with Crippen LogP contribution in [0.3, 0.4) is 0 Å². The smallest absolute Gasteiger partial charge is 0.306 e.